The van der Waals surface area contributed by atoms with Gasteiger partial charge in [0.15, 0.2) is 5.96 Å². The summed E-state index contributed by atoms with van der Waals surface area (Å²) in [5.74, 6) is 3.30. The highest BCUT2D eigenvalue weighted by molar-refractivity contribution is 9.10. The number of benzene rings is 2. The molecule has 162 valence electrons. The number of morpholine rings is 1. The number of ether oxygens (including phenoxy) is 1. The van der Waals surface area contributed by atoms with Gasteiger partial charge in [-0.15, -0.1) is 0 Å². The number of halogens is 1. The van der Waals surface area contributed by atoms with Crippen LogP contribution in [0.3, 0.4) is 0 Å². The van der Waals surface area contributed by atoms with Crippen LogP contribution < -0.4 is 10.6 Å². The molecule has 0 spiro atoms. The van der Waals surface area contributed by atoms with E-state index in [4.69, 9.17) is 4.74 Å². The van der Waals surface area contributed by atoms with Gasteiger partial charge in [-0.3, -0.25) is 4.99 Å². The van der Waals surface area contributed by atoms with Crippen molar-refractivity contribution in [1.29, 1.82) is 0 Å². The summed E-state index contributed by atoms with van der Waals surface area (Å²) in [5, 5.41) is 6.84. The number of hydrogen-bond donors (Lipinski definition) is 2. The van der Waals surface area contributed by atoms with Gasteiger partial charge < -0.3 is 20.3 Å². The first kappa shape index (κ1) is 23.1. The predicted octanol–water partition coefficient (Wildman–Crippen LogP) is 3.77. The summed E-state index contributed by atoms with van der Waals surface area (Å²) in [4.78, 5) is 6.89. The minimum atomic E-state index is 0.0805. The Morgan fingerprint density at radius 2 is 1.77 bits per heavy atom. The van der Waals surface area contributed by atoms with Crippen LogP contribution in [0, 0.1) is 0 Å². The van der Waals surface area contributed by atoms with E-state index in [1.54, 1.807) is 0 Å². The van der Waals surface area contributed by atoms with E-state index in [1.807, 2.05) is 18.8 Å². The van der Waals surface area contributed by atoms with E-state index in [2.05, 4.69) is 91.1 Å². The van der Waals surface area contributed by atoms with Crippen molar-refractivity contribution in [3.8, 4) is 0 Å². The zero-order valence-corrected chi connectivity index (χ0v) is 19.9. The summed E-state index contributed by atoms with van der Waals surface area (Å²) in [6, 6.07) is 19.1. The van der Waals surface area contributed by atoms with Gasteiger partial charge in [0.1, 0.15) is 0 Å². The third kappa shape index (κ3) is 7.30. The minimum absolute atomic E-state index is 0.0805. The summed E-state index contributed by atoms with van der Waals surface area (Å²) in [5.41, 5.74) is 2.46. The first-order valence-electron chi connectivity index (χ1n) is 10.4. The first-order chi connectivity index (χ1) is 14.8. The second-order valence-electron chi connectivity index (χ2n) is 7.05. The van der Waals surface area contributed by atoms with E-state index in [-0.39, 0.29) is 6.04 Å². The van der Waals surface area contributed by atoms with Crippen LogP contribution in [0.25, 0.3) is 0 Å². The van der Waals surface area contributed by atoms with Crippen molar-refractivity contribution in [2.45, 2.75) is 6.04 Å². The van der Waals surface area contributed by atoms with E-state index in [1.165, 1.54) is 11.1 Å². The Bertz CT molecular complexity index is 768. The predicted molar refractivity (Wildman–Crippen MR) is 132 cm³/mol. The summed E-state index contributed by atoms with van der Waals surface area (Å²) < 4.78 is 6.10. The van der Waals surface area contributed by atoms with Gasteiger partial charge in [-0.25, -0.2) is 0 Å². The van der Waals surface area contributed by atoms with E-state index >= 15 is 0 Å². The third-order valence-electron chi connectivity index (χ3n) is 4.96. The Morgan fingerprint density at radius 3 is 2.33 bits per heavy atom. The summed E-state index contributed by atoms with van der Waals surface area (Å²) in [6.45, 7) is 5.93. The monoisotopic (exact) mass is 490 g/mol. The van der Waals surface area contributed by atoms with Gasteiger partial charge in [0.05, 0.1) is 19.3 Å². The molecule has 2 aromatic carbocycles. The van der Waals surface area contributed by atoms with Crippen LogP contribution in [0.5, 0.6) is 0 Å². The SMILES string of the molecule is C1COCCN1.CN=C(NC(c1ccccc1)c1cccc(Br)c1)N1CCSCC1. The fraction of sp³-hybridized carbons (Fsp3) is 0.435. The second kappa shape index (κ2) is 13.0. The molecule has 0 radical (unpaired) electrons. The largest absolute Gasteiger partial charge is 0.379 e. The number of aliphatic imine (C=N–C) groups is 1. The molecule has 2 saturated heterocycles. The van der Waals surface area contributed by atoms with E-state index < -0.39 is 0 Å². The highest BCUT2D eigenvalue weighted by Gasteiger charge is 2.20. The quantitative estimate of drug-likeness (QED) is 0.506. The van der Waals surface area contributed by atoms with E-state index in [0.29, 0.717) is 0 Å². The minimum Gasteiger partial charge on any atom is -0.379 e. The summed E-state index contributed by atoms with van der Waals surface area (Å²) in [6.07, 6.45) is 0. The lowest BCUT2D eigenvalue weighted by atomic mass is 9.99. The molecule has 0 aromatic heterocycles. The lowest BCUT2D eigenvalue weighted by Gasteiger charge is -2.32. The maximum atomic E-state index is 5.01. The van der Waals surface area contributed by atoms with E-state index in [9.17, 15) is 0 Å². The molecule has 5 nitrogen and oxygen atoms in total. The molecule has 30 heavy (non-hydrogen) atoms. The van der Waals surface area contributed by atoms with Gasteiger partial charge in [0.25, 0.3) is 0 Å². The van der Waals surface area contributed by atoms with Gasteiger partial charge in [-0.2, -0.15) is 11.8 Å². The van der Waals surface area contributed by atoms with Gasteiger partial charge >= 0.3 is 0 Å². The maximum absolute atomic E-state index is 5.01. The average Bonchev–Trinajstić information content (AvgIpc) is 2.82. The van der Waals surface area contributed by atoms with Crippen LogP contribution >= 0.6 is 27.7 Å². The van der Waals surface area contributed by atoms with Crippen molar-refractivity contribution in [2.75, 3.05) is 57.9 Å². The van der Waals surface area contributed by atoms with Crippen molar-refractivity contribution >= 4 is 33.7 Å². The number of nitrogens with one attached hydrogen (secondary N) is 2. The lowest BCUT2D eigenvalue weighted by molar-refractivity contribution is 0.109. The molecule has 4 rings (SSSR count). The molecule has 0 saturated carbocycles. The highest BCUT2D eigenvalue weighted by atomic mass is 79.9. The number of guanidine groups is 1. The Labute approximate surface area is 192 Å². The van der Waals surface area contributed by atoms with Crippen LogP contribution in [0.15, 0.2) is 64.1 Å². The highest BCUT2D eigenvalue weighted by Crippen LogP contribution is 2.25. The smallest absolute Gasteiger partial charge is 0.194 e. The molecule has 2 aromatic rings. The van der Waals surface area contributed by atoms with Crippen molar-refractivity contribution in [1.82, 2.24) is 15.5 Å². The third-order valence-corrected chi connectivity index (χ3v) is 6.39. The van der Waals surface area contributed by atoms with Crippen molar-refractivity contribution in [3.63, 3.8) is 0 Å². The molecule has 2 heterocycles. The second-order valence-corrected chi connectivity index (χ2v) is 9.19. The Morgan fingerprint density at radius 1 is 1.07 bits per heavy atom. The summed E-state index contributed by atoms with van der Waals surface area (Å²) in [7, 11) is 1.87. The fourth-order valence-electron chi connectivity index (χ4n) is 3.41. The Hall–Kier alpha value is -1.54. The fourth-order valence-corrected chi connectivity index (χ4v) is 4.73. The van der Waals surface area contributed by atoms with Gasteiger partial charge in [-0.1, -0.05) is 58.4 Å². The first-order valence-corrected chi connectivity index (χ1v) is 12.4. The van der Waals surface area contributed by atoms with Crippen LogP contribution in [-0.2, 0) is 4.74 Å². The normalized spacial score (nSPS) is 18.2. The Kier molecular flexibility index (Phi) is 10.0. The van der Waals surface area contributed by atoms with Crippen LogP contribution in [0.1, 0.15) is 17.2 Å². The molecule has 2 N–H and O–H groups in total. The van der Waals surface area contributed by atoms with Crippen molar-refractivity contribution in [3.05, 3.63) is 70.2 Å². The van der Waals surface area contributed by atoms with E-state index in [0.717, 1.165) is 61.3 Å². The lowest BCUT2D eigenvalue weighted by Crippen LogP contribution is -2.46. The van der Waals surface area contributed by atoms with Crippen molar-refractivity contribution < 1.29 is 4.74 Å². The Balaban J connectivity index is 0.000000367. The zero-order chi connectivity index (χ0) is 21.0. The zero-order valence-electron chi connectivity index (χ0n) is 17.5. The molecule has 1 unspecified atom stereocenters. The molecular formula is C23H31BrN4OS. The molecule has 0 bridgehead atoms. The standard InChI is InChI=1S/C19H22BrN3S.C4H9NO/c1-21-19(23-10-12-24-13-11-23)22-18(15-6-3-2-4-7-15)16-8-5-9-17(20)14-16;1-3-6-4-2-5-1/h2-9,14,18H,10-13H2,1H3,(H,21,22);5H,1-4H2. The molecule has 1 atom stereocenters. The number of thioether (sulfide) groups is 1. The number of hydrogen-bond acceptors (Lipinski definition) is 4. The molecular weight excluding hydrogens is 460 g/mol. The molecule has 2 aliphatic heterocycles. The number of nitrogens with zero attached hydrogens (tertiary/aromatic N) is 2. The molecule has 0 amide bonds. The van der Waals surface area contributed by atoms with Crippen LogP contribution in [0.4, 0.5) is 0 Å². The van der Waals surface area contributed by atoms with Gasteiger partial charge in [0.2, 0.25) is 0 Å². The van der Waals surface area contributed by atoms with Crippen LogP contribution in [0.2, 0.25) is 0 Å². The number of rotatable bonds is 3. The molecule has 2 aliphatic rings. The molecule has 7 heteroatoms. The van der Waals surface area contributed by atoms with Gasteiger partial charge in [-0.05, 0) is 23.3 Å². The molecule has 2 fully saturated rings. The topological polar surface area (TPSA) is 48.9 Å². The van der Waals surface area contributed by atoms with Gasteiger partial charge in [0, 0.05) is 49.2 Å². The average molecular weight is 491 g/mol. The molecule has 0 aliphatic carbocycles. The van der Waals surface area contributed by atoms with Crippen LogP contribution in [-0.4, -0.2) is 68.8 Å². The maximum Gasteiger partial charge on any atom is 0.194 e. The summed E-state index contributed by atoms with van der Waals surface area (Å²) >= 11 is 5.60. The van der Waals surface area contributed by atoms with Crippen molar-refractivity contribution in [2.24, 2.45) is 4.99 Å².